The van der Waals surface area contributed by atoms with Crippen molar-refractivity contribution in [1.82, 2.24) is 5.32 Å². The number of nitrogens with one attached hydrogen (secondary N) is 1. The number of ketones is 1. The first-order valence-corrected chi connectivity index (χ1v) is 10.8. The summed E-state index contributed by atoms with van der Waals surface area (Å²) < 4.78 is 11.0. The summed E-state index contributed by atoms with van der Waals surface area (Å²) in [6.07, 6.45) is 6.65. The maximum Gasteiger partial charge on any atom is 0.336 e. The van der Waals surface area contributed by atoms with E-state index in [0.717, 1.165) is 29.0 Å². The van der Waals surface area contributed by atoms with Gasteiger partial charge >= 0.3 is 5.97 Å². The number of Topliss-reactive ketones (excluding diaryl/α,β-unsaturated/α-hetero) is 1. The van der Waals surface area contributed by atoms with Crippen molar-refractivity contribution in [1.29, 1.82) is 5.26 Å². The van der Waals surface area contributed by atoms with E-state index in [2.05, 4.69) is 11.4 Å². The monoisotopic (exact) mass is 430 g/mol. The minimum Gasteiger partial charge on any atom is -0.496 e. The van der Waals surface area contributed by atoms with E-state index < -0.39 is 5.97 Å². The van der Waals surface area contributed by atoms with Gasteiger partial charge in [0.05, 0.1) is 18.8 Å². The second kappa shape index (κ2) is 9.27. The molecule has 0 saturated carbocycles. The number of para-hydroxylation sites is 1. The van der Waals surface area contributed by atoms with Crippen LogP contribution in [0.25, 0.3) is 0 Å². The largest absolute Gasteiger partial charge is 0.496 e. The molecule has 0 fully saturated rings. The molecule has 1 aromatic rings. The summed E-state index contributed by atoms with van der Waals surface area (Å²) in [7, 11) is 1.64. The highest BCUT2D eigenvalue weighted by atomic mass is 16.5. The van der Waals surface area contributed by atoms with Crippen molar-refractivity contribution < 1.29 is 19.1 Å². The van der Waals surface area contributed by atoms with Crippen LogP contribution in [0.4, 0.5) is 0 Å². The van der Waals surface area contributed by atoms with Gasteiger partial charge in [0.1, 0.15) is 12.4 Å². The smallest absolute Gasteiger partial charge is 0.336 e. The number of allylic oxidation sites excluding steroid dienone is 5. The van der Waals surface area contributed by atoms with Crippen molar-refractivity contribution >= 4 is 11.8 Å². The van der Waals surface area contributed by atoms with Crippen LogP contribution in [0.3, 0.4) is 0 Å². The molecule has 4 rings (SSSR count). The molecule has 1 N–H and O–H groups in total. The van der Waals surface area contributed by atoms with Crippen LogP contribution in [0.15, 0.2) is 70.1 Å². The highest BCUT2D eigenvalue weighted by molar-refractivity contribution is 6.01. The van der Waals surface area contributed by atoms with Crippen LogP contribution < -0.4 is 10.1 Å². The lowest BCUT2D eigenvalue weighted by Gasteiger charge is -2.32. The van der Waals surface area contributed by atoms with Gasteiger partial charge in [-0.1, -0.05) is 30.4 Å². The molecule has 0 bridgehead atoms. The van der Waals surface area contributed by atoms with E-state index in [-0.39, 0.29) is 24.7 Å². The van der Waals surface area contributed by atoms with Crippen LogP contribution in [-0.2, 0) is 14.3 Å². The molecule has 0 spiro atoms. The quantitative estimate of drug-likeness (QED) is 0.698. The van der Waals surface area contributed by atoms with E-state index in [1.54, 1.807) is 7.11 Å². The second-order valence-corrected chi connectivity index (χ2v) is 8.27. The van der Waals surface area contributed by atoms with Gasteiger partial charge in [-0.05, 0) is 37.8 Å². The highest BCUT2D eigenvalue weighted by Crippen LogP contribution is 2.41. The number of dihydropyridines is 1. The second-order valence-electron chi connectivity index (χ2n) is 8.27. The Morgan fingerprint density at radius 1 is 1.28 bits per heavy atom. The van der Waals surface area contributed by atoms with Crippen LogP contribution in [0, 0.1) is 11.3 Å². The molecule has 32 heavy (non-hydrogen) atoms. The third-order valence-corrected chi connectivity index (χ3v) is 6.31. The zero-order valence-corrected chi connectivity index (χ0v) is 18.4. The third kappa shape index (κ3) is 4.24. The molecule has 6 heteroatoms. The van der Waals surface area contributed by atoms with E-state index in [1.165, 1.54) is 0 Å². The van der Waals surface area contributed by atoms with E-state index in [9.17, 15) is 14.9 Å². The zero-order valence-electron chi connectivity index (χ0n) is 18.4. The summed E-state index contributed by atoms with van der Waals surface area (Å²) in [6.45, 7) is 1.89. The van der Waals surface area contributed by atoms with Crippen LogP contribution in [0.5, 0.6) is 5.75 Å². The van der Waals surface area contributed by atoms with Gasteiger partial charge < -0.3 is 14.8 Å². The maximum absolute atomic E-state index is 13.0. The van der Waals surface area contributed by atoms with E-state index >= 15 is 0 Å². The molecule has 0 aromatic heterocycles. The van der Waals surface area contributed by atoms with E-state index in [1.807, 2.05) is 43.3 Å². The Labute approximate surface area is 187 Å². The standard InChI is InChI=1S/C26H26N2O4/c1-16-21(26(30)32-15-18-8-4-3-7-17(18)14-27)13-22-23(28-16)11-19(12-24(22)29)20-9-5-6-10-25(20)31-2/h4-6,8-10,19,28H,3,7,11-13,15H2,1-2H3/t19-/m1/s1. The van der Waals surface area contributed by atoms with Crippen molar-refractivity contribution in [2.75, 3.05) is 13.7 Å². The number of hydrogen-bond donors (Lipinski definition) is 1. The van der Waals surface area contributed by atoms with Crippen molar-refractivity contribution in [3.05, 3.63) is 75.7 Å². The summed E-state index contributed by atoms with van der Waals surface area (Å²) >= 11 is 0. The molecule has 1 heterocycles. The first-order valence-electron chi connectivity index (χ1n) is 10.8. The Balaban J connectivity index is 1.48. The summed E-state index contributed by atoms with van der Waals surface area (Å²) in [6, 6.07) is 9.97. The average molecular weight is 431 g/mol. The summed E-state index contributed by atoms with van der Waals surface area (Å²) in [4.78, 5) is 25.8. The average Bonchev–Trinajstić information content (AvgIpc) is 2.82. The number of nitrogens with zero attached hydrogens (tertiary/aromatic N) is 1. The number of esters is 1. The fourth-order valence-electron chi connectivity index (χ4n) is 4.56. The Bertz CT molecular complexity index is 1130. The van der Waals surface area contributed by atoms with Gasteiger partial charge in [-0.15, -0.1) is 0 Å². The number of rotatable bonds is 5. The SMILES string of the molecule is COc1ccccc1[C@H]1CC(=O)C2=C(C1)NC(C)=C(C(=O)OCC1=C(C#N)CCC=C1)C2. The lowest BCUT2D eigenvalue weighted by molar-refractivity contribution is -0.138. The molecule has 1 atom stereocenters. The van der Waals surface area contributed by atoms with Crippen LogP contribution in [-0.4, -0.2) is 25.5 Å². The molecule has 0 saturated heterocycles. The van der Waals surface area contributed by atoms with Gasteiger partial charge in [-0.25, -0.2) is 4.79 Å². The predicted octanol–water partition coefficient (Wildman–Crippen LogP) is 4.38. The summed E-state index contributed by atoms with van der Waals surface area (Å²) in [5.41, 5.74) is 5.11. The molecule has 2 aliphatic carbocycles. The summed E-state index contributed by atoms with van der Waals surface area (Å²) in [5, 5.41) is 12.6. The number of carbonyl (C=O) groups excluding carboxylic acids is 2. The van der Waals surface area contributed by atoms with Crippen molar-refractivity contribution in [3.63, 3.8) is 0 Å². The molecule has 0 unspecified atom stereocenters. The van der Waals surface area contributed by atoms with Gasteiger partial charge in [-0.2, -0.15) is 5.26 Å². The fraction of sp³-hybridized carbons (Fsp3) is 0.346. The Morgan fingerprint density at radius 3 is 2.88 bits per heavy atom. The number of hydrogen-bond acceptors (Lipinski definition) is 6. The highest BCUT2D eigenvalue weighted by Gasteiger charge is 2.34. The summed E-state index contributed by atoms with van der Waals surface area (Å²) in [5.74, 6) is 0.396. The Hall–Kier alpha value is -3.59. The molecule has 0 amide bonds. The molecular formula is C26H26N2O4. The van der Waals surface area contributed by atoms with Crippen molar-refractivity contribution in [3.8, 4) is 11.8 Å². The predicted molar refractivity (Wildman–Crippen MR) is 119 cm³/mol. The van der Waals surface area contributed by atoms with Crippen LogP contribution in [0.2, 0.25) is 0 Å². The maximum atomic E-state index is 13.0. The molecular weight excluding hydrogens is 404 g/mol. The minimum atomic E-state index is -0.454. The first kappa shape index (κ1) is 21.6. The fourth-order valence-corrected chi connectivity index (χ4v) is 4.56. The number of benzene rings is 1. The molecule has 1 aromatic carbocycles. The topological polar surface area (TPSA) is 88.4 Å². The number of nitriles is 1. The minimum absolute atomic E-state index is 0.0284. The van der Waals surface area contributed by atoms with Gasteiger partial charge in [0.2, 0.25) is 0 Å². The molecule has 0 radical (unpaired) electrons. The van der Waals surface area contributed by atoms with Gasteiger partial charge in [0, 0.05) is 46.9 Å². The molecule has 164 valence electrons. The van der Waals surface area contributed by atoms with Crippen LogP contribution >= 0.6 is 0 Å². The lowest BCUT2D eigenvalue weighted by Crippen LogP contribution is -2.31. The van der Waals surface area contributed by atoms with Gasteiger partial charge in [-0.3, -0.25) is 4.79 Å². The van der Waals surface area contributed by atoms with Gasteiger partial charge in [0.25, 0.3) is 0 Å². The first-order chi connectivity index (χ1) is 15.5. The Morgan fingerprint density at radius 2 is 2.09 bits per heavy atom. The molecule has 3 aliphatic rings. The van der Waals surface area contributed by atoms with E-state index in [0.29, 0.717) is 41.7 Å². The molecule has 1 aliphatic heterocycles. The number of ether oxygens (including phenoxy) is 2. The number of carbonyl (C=O) groups is 2. The number of methoxy groups -OCH3 is 1. The molecule has 6 nitrogen and oxygen atoms in total. The lowest BCUT2D eigenvalue weighted by atomic mass is 9.78. The van der Waals surface area contributed by atoms with Crippen molar-refractivity contribution in [2.24, 2.45) is 0 Å². The van der Waals surface area contributed by atoms with Crippen LogP contribution in [0.1, 0.15) is 50.5 Å². The third-order valence-electron chi connectivity index (χ3n) is 6.31. The zero-order chi connectivity index (χ0) is 22.7. The van der Waals surface area contributed by atoms with Gasteiger partial charge in [0.15, 0.2) is 5.78 Å². The normalized spacial score (nSPS) is 20.5. The Kier molecular flexibility index (Phi) is 6.27. The van der Waals surface area contributed by atoms with E-state index in [4.69, 9.17) is 9.47 Å². The van der Waals surface area contributed by atoms with Crippen molar-refractivity contribution in [2.45, 2.75) is 44.9 Å².